The Morgan fingerprint density at radius 3 is 2.48 bits per heavy atom. The molecule has 0 heterocycles. The first kappa shape index (κ1) is 20.9. The minimum atomic E-state index is -3.68. The number of ether oxygens (including phenoxy) is 1. The summed E-state index contributed by atoms with van der Waals surface area (Å²) in [5.74, 6) is -1.32. The molecule has 2 aromatic rings. The quantitative estimate of drug-likeness (QED) is 0.739. The van der Waals surface area contributed by atoms with Gasteiger partial charge in [0.2, 0.25) is 10.0 Å². The van der Waals surface area contributed by atoms with E-state index in [1.165, 1.54) is 38.4 Å². The van der Waals surface area contributed by atoms with E-state index in [0.717, 1.165) is 9.87 Å². The predicted molar refractivity (Wildman–Crippen MR) is 102 cm³/mol. The Morgan fingerprint density at radius 1 is 1.15 bits per heavy atom. The van der Waals surface area contributed by atoms with Crippen molar-refractivity contribution in [3.05, 3.63) is 58.6 Å². The van der Waals surface area contributed by atoms with Crippen molar-refractivity contribution in [3.63, 3.8) is 0 Å². The van der Waals surface area contributed by atoms with Gasteiger partial charge < -0.3 is 10.1 Å². The van der Waals surface area contributed by atoms with Crippen molar-refractivity contribution in [1.29, 1.82) is 0 Å². The van der Waals surface area contributed by atoms with Gasteiger partial charge in [-0.25, -0.2) is 17.5 Å². The second kappa shape index (κ2) is 8.51. The summed E-state index contributed by atoms with van der Waals surface area (Å²) in [6.07, 6.45) is 0. The second-order valence-electron chi connectivity index (χ2n) is 5.90. The van der Waals surface area contributed by atoms with Crippen LogP contribution in [0.25, 0.3) is 0 Å². The molecule has 27 heavy (non-hydrogen) atoms. The van der Waals surface area contributed by atoms with Crippen LogP contribution in [-0.2, 0) is 19.6 Å². The van der Waals surface area contributed by atoms with Crippen LogP contribution >= 0.6 is 11.6 Å². The Balaban J connectivity index is 2.02. The number of halogens is 1. The molecule has 1 amide bonds. The van der Waals surface area contributed by atoms with Gasteiger partial charge in [0.15, 0.2) is 6.61 Å². The monoisotopic (exact) mass is 410 g/mol. The topological polar surface area (TPSA) is 92.8 Å². The fourth-order valence-electron chi connectivity index (χ4n) is 2.16. The van der Waals surface area contributed by atoms with Crippen molar-refractivity contribution in [2.24, 2.45) is 0 Å². The highest BCUT2D eigenvalue weighted by Crippen LogP contribution is 2.19. The number of nitrogens with one attached hydrogen (secondary N) is 1. The summed E-state index contributed by atoms with van der Waals surface area (Å²) in [6, 6.07) is 10.4. The predicted octanol–water partition coefficient (Wildman–Crippen LogP) is 2.69. The molecule has 0 atom stereocenters. The molecule has 7 nitrogen and oxygen atoms in total. The highest BCUT2D eigenvalue weighted by Gasteiger charge is 2.19. The summed E-state index contributed by atoms with van der Waals surface area (Å²) in [6.45, 7) is 1.27. The lowest BCUT2D eigenvalue weighted by Crippen LogP contribution is -2.23. The molecule has 0 spiro atoms. The number of sulfonamides is 1. The molecule has 0 radical (unpaired) electrons. The van der Waals surface area contributed by atoms with Gasteiger partial charge in [0.25, 0.3) is 5.91 Å². The molecule has 0 aliphatic rings. The van der Waals surface area contributed by atoms with Crippen LogP contribution in [0, 0.1) is 6.92 Å². The summed E-state index contributed by atoms with van der Waals surface area (Å²) in [5.41, 5.74) is 1.36. The van der Waals surface area contributed by atoms with Crippen molar-refractivity contribution in [2.45, 2.75) is 11.8 Å². The lowest BCUT2D eigenvalue weighted by molar-refractivity contribution is -0.119. The van der Waals surface area contributed by atoms with Crippen LogP contribution in [0.1, 0.15) is 15.9 Å². The van der Waals surface area contributed by atoms with Crippen molar-refractivity contribution in [2.75, 3.05) is 26.0 Å². The Hall–Kier alpha value is -2.42. The highest BCUT2D eigenvalue weighted by atomic mass is 35.5. The molecular weight excluding hydrogens is 392 g/mol. The third kappa shape index (κ3) is 5.29. The van der Waals surface area contributed by atoms with Gasteiger partial charge >= 0.3 is 5.97 Å². The van der Waals surface area contributed by atoms with Crippen molar-refractivity contribution in [3.8, 4) is 0 Å². The molecule has 0 saturated carbocycles. The zero-order valence-corrected chi connectivity index (χ0v) is 16.6. The zero-order chi connectivity index (χ0) is 20.2. The van der Waals surface area contributed by atoms with E-state index in [4.69, 9.17) is 16.3 Å². The van der Waals surface area contributed by atoms with Gasteiger partial charge in [0, 0.05) is 24.8 Å². The molecule has 2 rings (SSSR count). The second-order valence-corrected chi connectivity index (χ2v) is 8.49. The van der Waals surface area contributed by atoms with Crippen molar-refractivity contribution in [1.82, 2.24) is 4.31 Å². The van der Waals surface area contributed by atoms with Crippen LogP contribution in [0.15, 0.2) is 47.4 Å². The van der Waals surface area contributed by atoms with E-state index < -0.39 is 28.5 Å². The van der Waals surface area contributed by atoms with Crippen LogP contribution < -0.4 is 5.32 Å². The van der Waals surface area contributed by atoms with Crippen molar-refractivity contribution >= 4 is 39.2 Å². The standard InChI is InChI=1S/C18H19ClN2O5S/c1-12-9-14(19)7-8-16(12)20-17(22)11-26-18(23)13-5-4-6-15(10-13)27(24,25)21(2)3/h4-10H,11H2,1-3H3,(H,20,22). The smallest absolute Gasteiger partial charge is 0.338 e. The lowest BCUT2D eigenvalue weighted by Gasteiger charge is -2.12. The van der Waals surface area contributed by atoms with E-state index in [2.05, 4.69) is 5.32 Å². The van der Waals surface area contributed by atoms with Gasteiger partial charge in [-0.15, -0.1) is 0 Å². The fraction of sp³-hybridized carbons (Fsp3) is 0.222. The van der Waals surface area contributed by atoms with Gasteiger partial charge in [0.05, 0.1) is 10.5 Å². The van der Waals surface area contributed by atoms with E-state index in [1.54, 1.807) is 25.1 Å². The molecule has 9 heteroatoms. The Labute approximate surface area is 162 Å². The largest absolute Gasteiger partial charge is 0.452 e. The van der Waals surface area contributed by atoms with Gasteiger partial charge in [0.1, 0.15) is 0 Å². The zero-order valence-electron chi connectivity index (χ0n) is 15.0. The van der Waals surface area contributed by atoms with Gasteiger partial charge in [-0.2, -0.15) is 0 Å². The number of nitrogens with zero attached hydrogens (tertiary/aromatic N) is 1. The van der Waals surface area contributed by atoms with Crippen LogP contribution in [-0.4, -0.2) is 45.3 Å². The third-order valence-corrected chi connectivity index (χ3v) is 5.69. The molecule has 0 bridgehead atoms. The van der Waals surface area contributed by atoms with Gasteiger partial charge in [-0.1, -0.05) is 17.7 Å². The van der Waals surface area contributed by atoms with E-state index >= 15 is 0 Å². The van der Waals surface area contributed by atoms with E-state index in [1.807, 2.05) is 0 Å². The van der Waals surface area contributed by atoms with Gasteiger partial charge in [-0.3, -0.25) is 4.79 Å². The molecule has 0 aliphatic heterocycles. The average Bonchev–Trinajstić information content (AvgIpc) is 2.62. The number of benzene rings is 2. The molecule has 0 unspecified atom stereocenters. The number of rotatable bonds is 6. The SMILES string of the molecule is Cc1cc(Cl)ccc1NC(=O)COC(=O)c1cccc(S(=O)(=O)N(C)C)c1. The maximum atomic E-state index is 12.1. The first-order valence-corrected chi connectivity index (χ1v) is 9.69. The normalized spacial score (nSPS) is 11.3. The number of carbonyl (C=O) groups is 2. The van der Waals surface area contributed by atoms with E-state index in [0.29, 0.717) is 10.7 Å². The molecule has 0 fully saturated rings. The Kier molecular flexibility index (Phi) is 6.59. The maximum absolute atomic E-state index is 12.1. The van der Waals surface area contributed by atoms with Gasteiger partial charge in [-0.05, 0) is 48.9 Å². The minimum absolute atomic E-state index is 0.0356. The third-order valence-electron chi connectivity index (χ3n) is 3.65. The van der Waals surface area contributed by atoms with Crippen LogP contribution in [0.3, 0.4) is 0 Å². The summed E-state index contributed by atoms with van der Waals surface area (Å²) in [7, 11) is -0.893. The number of carbonyl (C=O) groups excluding carboxylic acids is 2. The van der Waals surface area contributed by atoms with E-state index in [9.17, 15) is 18.0 Å². The first-order valence-electron chi connectivity index (χ1n) is 7.87. The molecule has 0 aromatic heterocycles. The summed E-state index contributed by atoms with van der Waals surface area (Å²) in [5, 5.41) is 3.16. The molecule has 2 aromatic carbocycles. The Morgan fingerprint density at radius 2 is 1.85 bits per heavy atom. The lowest BCUT2D eigenvalue weighted by atomic mass is 10.2. The Bertz CT molecular complexity index is 973. The number of anilines is 1. The number of hydrogen-bond acceptors (Lipinski definition) is 5. The summed E-state index contributed by atoms with van der Waals surface area (Å²) in [4.78, 5) is 24.1. The van der Waals surface area contributed by atoms with E-state index in [-0.39, 0.29) is 10.5 Å². The van der Waals surface area contributed by atoms with Crippen LogP contribution in [0.4, 0.5) is 5.69 Å². The number of hydrogen-bond donors (Lipinski definition) is 1. The number of aryl methyl sites for hydroxylation is 1. The highest BCUT2D eigenvalue weighted by molar-refractivity contribution is 7.89. The first-order chi connectivity index (χ1) is 12.6. The summed E-state index contributed by atoms with van der Waals surface area (Å²) < 4.78 is 30.3. The number of amides is 1. The van der Waals surface area contributed by atoms with Crippen molar-refractivity contribution < 1.29 is 22.7 Å². The molecule has 0 saturated heterocycles. The molecule has 0 aliphatic carbocycles. The van der Waals surface area contributed by atoms with Crippen LogP contribution in [0.2, 0.25) is 5.02 Å². The average molecular weight is 411 g/mol. The maximum Gasteiger partial charge on any atom is 0.338 e. The molecule has 1 N–H and O–H groups in total. The fourth-order valence-corrected chi connectivity index (χ4v) is 3.34. The molecule has 144 valence electrons. The number of esters is 1. The summed E-state index contributed by atoms with van der Waals surface area (Å²) >= 11 is 5.86. The molecular formula is C18H19ClN2O5S. The van der Waals surface area contributed by atoms with Crippen LogP contribution in [0.5, 0.6) is 0 Å². The minimum Gasteiger partial charge on any atom is -0.452 e.